The van der Waals surface area contributed by atoms with Crippen LogP contribution in [0.1, 0.15) is 19.4 Å². The molecule has 0 amide bonds. The van der Waals surface area contributed by atoms with Gasteiger partial charge in [-0.25, -0.2) is 9.59 Å². The van der Waals surface area contributed by atoms with Gasteiger partial charge in [0.2, 0.25) is 0 Å². The Hall–Kier alpha value is -3.53. The maximum absolute atomic E-state index is 12.3. The summed E-state index contributed by atoms with van der Waals surface area (Å²) >= 11 is 0. The smallest absolute Gasteiger partial charge is 0.351 e. The number of methoxy groups -OCH3 is 1. The summed E-state index contributed by atoms with van der Waals surface area (Å²) in [4.78, 5) is 24.4. The van der Waals surface area contributed by atoms with E-state index in [9.17, 15) is 14.9 Å². The Balaban J connectivity index is 2.51. The van der Waals surface area contributed by atoms with Crippen molar-refractivity contribution in [3.8, 4) is 11.8 Å². The summed E-state index contributed by atoms with van der Waals surface area (Å²) in [5.41, 5.74) is 1.24. The highest BCUT2D eigenvalue weighted by atomic mass is 16.5. The molecule has 0 unspecified atom stereocenters. The quantitative estimate of drug-likeness (QED) is 0.468. The maximum Gasteiger partial charge on any atom is 0.351 e. The van der Waals surface area contributed by atoms with Crippen molar-refractivity contribution in [1.82, 2.24) is 5.32 Å². The molecule has 0 saturated heterocycles. The van der Waals surface area contributed by atoms with E-state index in [0.717, 1.165) is 5.56 Å². The number of nitriles is 1. The van der Waals surface area contributed by atoms with Crippen LogP contribution in [0.5, 0.6) is 5.75 Å². The van der Waals surface area contributed by atoms with Crippen LogP contribution in [0.15, 0.2) is 53.3 Å². The monoisotopic (exact) mass is 368 g/mol. The summed E-state index contributed by atoms with van der Waals surface area (Å²) in [5, 5.41) is 12.5. The Bertz CT molecular complexity index is 857. The first-order valence-corrected chi connectivity index (χ1v) is 8.38. The molecule has 0 fully saturated rings. The van der Waals surface area contributed by atoms with E-state index in [1.165, 1.54) is 6.08 Å². The molecule has 0 saturated carbocycles. The molecule has 0 radical (unpaired) electrons. The molecule has 1 aliphatic rings. The van der Waals surface area contributed by atoms with Crippen LogP contribution in [-0.4, -0.2) is 32.3 Å². The zero-order valence-corrected chi connectivity index (χ0v) is 15.4. The van der Waals surface area contributed by atoms with Crippen molar-refractivity contribution < 1.29 is 23.8 Å². The number of esters is 2. The molecule has 140 valence electrons. The number of allylic oxidation sites excluding steroid dienone is 2. The van der Waals surface area contributed by atoms with Crippen molar-refractivity contribution in [1.29, 1.82) is 5.26 Å². The topological polar surface area (TPSA) is 97.6 Å². The molecule has 0 atom stereocenters. The zero-order valence-electron chi connectivity index (χ0n) is 15.4. The molecular weight excluding hydrogens is 348 g/mol. The lowest BCUT2D eigenvalue weighted by atomic mass is 10.0. The fourth-order valence-corrected chi connectivity index (χ4v) is 2.42. The summed E-state index contributed by atoms with van der Waals surface area (Å²) in [5.74, 6) is -0.756. The Labute approximate surface area is 157 Å². The normalized spacial score (nSPS) is 14.7. The van der Waals surface area contributed by atoms with Gasteiger partial charge in [0, 0.05) is 5.70 Å². The van der Waals surface area contributed by atoms with E-state index in [4.69, 9.17) is 14.2 Å². The van der Waals surface area contributed by atoms with Crippen LogP contribution in [0, 0.1) is 11.3 Å². The van der Waals surface area contributed by atoms with Crippen molar-refractivity contribution >= 4 is 17.6 Å². The minimum atomic E-state index is -0.811. The highest BCUT2D eigenvalue weighted by Crippen LogP contribution is 2.26. The van der Waals surface area contributed by atoms with Gasteiger partial charge >= 0.3 is 11.9 Å². The lowest BCUT2D eigenvalue weighted by Crippen LogP contribution is -2.26. The molecule has 2 rings (SSSR count). The van der Waals surface area contributed by atoms with E-state index in [2.05, 4.69) is 5.32 Å². The summed E-state index contributed by atoms with van der Waals surface area (Å²) in [7, 11) is 1.57. The van der Waals surface area contributed by atoms with E-state index in [1.807, 2.05) is 18.2 Å². The van der Waals surface area contributed by atoms with Gasteiger partial charge in [-0.2, -0.15) is 5.26 Å². The number of benzene rings is 1. The van der Waals surface area contributed by atoms with E-state index in [1.54, 1.807) is 39.2 Å². The number of hydrogen-bond donors (Lipinski definition) is 1. The molecule has 7 nitrogen and oxygen atoms in total. The number of carbonyl (C=O) groups is 2. The largest absolute Gasteiger partial charge is 0.497 e. The lowest BCUT2D eigenvalue weighted by Gasteiger charge is -2.21. The highest BCUT2D eigenvalue weighted by Gasteiger charge is 2.27. The standard InChI is InChI=1S/C20H20N2O5/c1-4-26-19(23)15-10-11-17(13-6-8-14(25-3)9-7-13)22-18(15)16(12-21)20(24)27-5-2/h6-11,22H,4-5H2,1-3H3. The van der Waals surface area contributed by atoms with Crippen LogP contribution >= 0.6 is 0 Å². The van der Waals surface area contributed by atoms with Crippen LogP contribution < -0.4 is 10.1 Å². The van der Waals surface area contributed by atoms with E-state index >= 15 is 0 Å². The number of ether oxygens (including phenoxy) is 3. The predicted octanol–water partition coefficient (Wildman–Crippen LogP) is 2.47. The van der Waals surface area contributed by atoms with Crippen molar-refractivity contribution in [3.63, 3.8) is 0 Å². The lowest BCUT2D eigenvalue weighted by molar-refractivity contribution is -0.138. The molecule has 0 aromatic heterocycles. The average molecular weight is 368 g/mol. The number of dihydropyridines is 1. The molecule has 0 bridgehead atoms. The minimum absolute atomic E-state index is 0.0581. The second-order valence-corrected chi connectivity index (χ2v) is 5.32. The van der Waals surface area contributed by atoms with E-state index < -0.39 is 11.9 Å². The average Bonchev–Trinajstić information content (AvgIpc) is 2.69. The van der Waals surface area contributed by atoms with Crippen molar-refractivity contribution in [2.24, 2.45) is 0 Å². The molecule has 27 heavy (non-hydrogen) atoms. The predicted molar refractivity (Wildman–Crippen MR) is 98.1 cm³/mol. The molecule has 7 heteroatoms. The van der Waals surface area contributed by atoms with Crippen molar-refractivity contribution in [2.45, 2.75) is 13.8 Å². The fraction of sp³-hybridized carbons (Fsp3) is 0.250. The van der Waals surface area contributed by atoms with Gasteiger partial charge in [0.05, 0.1) is 31.6 Å². The van der Waals surface area contributed by atoms with Gasteiger partial charge < -0.3 is 19.5 Å². The van der Waals surface area contributed by atoms with Crippen LogP contribution in [0.2, 0.25) is 0 Å². The number of hydrogen-bond acceptors (Lipinski definition) is 7. The van der Waals surface area contributed by atoms with Gasteiger partial charge in [0.25, 0.3) is 0 Å². The third-order valence-electron chi connectivity index (χ3n) is 3.68. The molecule has 1 N–H and O–H groups in total. The van der Waals surface area contributed by atoms with Gasteiger partial charge in [0.1, 0.15) is 11.8 Å². The molecule has 1 aromatic rings. The first-order chi connectivity index (χ1) is 13.0. The van der Waals surface area contributed by atoms with Gasteiger partial charge in [-0.1, -0.05) is 0 Å². The molecule has 0 spiro atoms. The second-order valence-electron chi connectivity index (χ2n) is 5.32. The van der Waals surface area contributed by atoms with Crippen molar-refractivity contribution in [2.75, 3.05) is 20.3 Å². The molecule has 1 heterocycles. The Morgan fingerprint density at radius 3 is 2.30 bits per heavy atom. The van der Waals surface area contributed by atoms with Gasteiger partial charge in [0.15, 0.2) is 5.57 Å². The van der Waals surface area contributed by atoms with Crippen LogP contribution in [0.3, 0.4) is 0 Å². The van der Waals surface area contributed by atoms with Crippen LogP contribution in [-0.2, 0) is 19.1 Å². The number of nitrogens with zero attached hydrogens (tertiary/aromatic N) is 1. The summed E-state index contributed by atoms with van der Waals surface area (Å²) in [6.07, 6.45) is 3.19. The number of rotatable bonds is 6. The molecular formula is C20H20N2O5. The van der Waals surface area contributed by atoms with Gasteiger partial charge in [-0.3, -0.25) is 0 Å². The molecule has 1 aliphatic heterocycles. The number of carbonyl (C=O) groups excluding carboxylic acids is 2. The minimum Gasteiger partial charge on any atom is -0.497 e. The van der Waals surface area contributed by atoms with Crippen molar-refractivity contribution in [3.05, 3.63) is 58.8 Å². The summed E-state index contributed by atoms with van der Waals surface area (Å²) in [6.45, 7) is 3.58. The molecule has 1 aromatic carbocycles. The first-order valence-electron chi connectivity index (χ1n) is 8.38. The fourth-order valence-electron chi connectivity index (χ4n) is 2.42. The maximum atomic E-state index is 12.3. The van der Waals surface area contributed by atoms with Gasteiger partial charge in [-0.15, -0.1) is 0 Å². The summed E-state index contributed by atoms with van der Waals surface area (Å²) < 4.78 is 15.1. The first kappa shape index (κ1) is 19.8. The third kappa shape index (κ3) is 4.55. The molecule has 0 aliphatic carbocycles. The number of nitrogens with one attached hydrogen (secondary N) is 1. The Kier molecular flexibility index (Phi) is 6.78. The van der Waals surface area contributed by atoms with E-state index in [-0.39, 0.29) is 30.1 Å². The highest BCUT2D eigenvalue weighted by molar-refractivity contribution is 6.02. The van der Waals surface area contributed by atoms with Crippen LogP contribution in [0.4, 0.5) is 0 Å². The second kappa shape index (κ2) is 9.25. The zero-order chi connectivity index (χ0) is 19.8. The SMILES string of the molecule is CCOC(=O)C1=CC=C(c2ccc(OC)cc2)NC1=C(C#N)C(=O)OCC. The Morgan fingerprint density at radius 1 is 1.07 bits per heavy atom. The third-order valence-corrected chi connectivity index (χ3v) is 3.68. The van der Waals surface area contributed by atoms with Crippen LogP contribution in [0.25, 0.3) is 5.70 Å². The summed E-state index contributed by atoms with van der Waals surface area (Å²) in [6, 6.07) is 9.01. The van der Waals surface area contributed by atoms with Gasteiger partial charge in [-0.05, 0) is 55.8 Å². The Morgan fingerprint density at radius 2 is 1.74 bits per heavy atom. The van der Waals surface area contributed by atoms with E-state index in [0.29, 0.717) is 11.4 Å².